The van der Waals surface area contributed by atoms with Crippen LogP contribution in [0.5, 0.6) is 0 Å². The maximum Gasteiger partial charge on any atom is 0.0306 e. The molecule has 18 heavy (non-hydrogen) atoms. The summed E-state index contributed by atoms with van der Waals surface area (Å²) < 4.78 is 0. The zero-order chi connectivity index (χ0) is 13.8. The SMILES string of the molecule is Cc1ccc(CN(C)C(C)(CN)CC(C)C)cc1. The van der Waals surface area contributed by atoms with Gasteiger partial charge in [-0.2, -0.15) is 0 Å². The number of likely N-dealkylation sites (N-methyl/N-ethyl adjacent to an activating group) is 1. The average molecular weight is 248 g/mol. The minimum Gasteiger partial charge on any atom is -0.329 e. The maximum atomic E-state index is 5.99. The van der Waals surface area contributed by atoms with Crippen LogP contribution >= 0.6 is 0 Å². The van der Waals surface area contributed by atoms with Crippen molar-refractivity contribution < 1.29 is 0 Å². The molecule has 2 nitrogen and oxygen atoms in total. The Morgan fingerprint density at radius 1 is 1.22 bits per heavy atom. The number of aryl methyl sites for hydroxylation is 1. The van der Waals surface area contributed by atoms with E-state index in [1.54, 1.807) is 0 Å². The first-order valence-electron chi connectivity index (χ1n) is 6.84. The van der Waals surface area contributed by atoms with Gasteiger partial charge in [-0.1, -0.05) is 43.7 Å². The summed E-state index contributed by atoms with van der Waals surface area (Å²) in [6, 6.07) is 8.76. The Morgan fingerprint density at radius 3 is 2.22 bits per heavy atom. The van der Waals surface area contributed by atoms with Crippen LogP contribution in [0.15, 0.2) is 24.3 Å². The van der Waals surface area contributed by atoms with E-state index in [4.69, 9.17) is 5.73 Å². The second-order valence-corrected chi connectivity index (χ2v) is 6.14. The van der Waals surface area contributed by atoms with Crippen LogP contribution in [0.25, 0.3) is 0 Å². The van der Waals surface area contributed by atoms with Crippen LogP contribution < -0.4 is 5.73 Å². The number of nitrogens with zero attached hydrogens (tertiary/aromatic N) is 1. The third-order valence-electron chi connectivity index (χ3n) is 3.75. The number of rotatable bonds is 6. The lowest BCUT2D eigenvalue weighted by molar-refractivity contribution is 0.111. The second kappa shape index (κ2) is 6.35. The van der Waals surface area contributed by atoms with Crippen molar-refractivity contribution in [3.63, 3.8) is 0 Å². The van der Waals surface area contributed by atoms with E-state index >= 15 is 0 Å². The fourth-order valence-corrected chi connectivity index (χ4v) is 2.43. The Bertz CT molecular complexity index is 356. The molecule has 0 spiro atoms. The smallest absolute Gasteiger partial charge is 0.0306 e. The predicted octanol–water partition coefficient (Wildman–Crippen LogP) is 3.19. The van der Waals surface area contributed by atoms with Gasteiger partial charge in [0, 0.05) is 18.6 Å². The van der Waals surface area contributed by atoms with Gasteiger partial charge >= 0.3 is 0 Å². The van der Waals surface area contributed by atoms with E-state index in [-0.39, 0.29) is 5.54 Å². The van der Waals surface area contributed by atoms with Crippen molar-refractivity contribution >= 4 is 0 Å². The third-order valence-corrected chi connectivity index (χ3v) is 3.75. The molecule has 1 rings (SSSR count). The van der Waals surface area contributed by atoms with E-state index in [1.807, 2.05) is 0 Å². The zero-order valence-electron chi connectivity index (χ0n) is 12.5. The highest BCUT2D eigenvalue weighted by Crippen LogP contribution is 2.23. The molecule has 0 aliphatic carbocycles. The lowest BCUT2D eigenvalue weighted by Gasteiger charge is -2.39. The van der Waals surface area contributed by atoms with E-state index in [2.05, 4.69) is 63.9 Å². The molecule has 1 atom stereocenters. The summed E-state index contributed by atoms with van der Waals surface area (Å²) in [5, 5.41) is 0. The third kappa shape index (κ3) is 4.11. The zero-order valence-corrected chi connectivity index (χ0v) is 12.5. The van der Waals surface area contributed by atoms with Gasteiger partial charge in [0.1, 0.15) is 0 Å². The number of benzene rings is 1. The van der Waals surface area contributed by atoms with Crippen LogP contribution in [0.3, 0.4) is 0 Å². The highest BCUT2D eigenvalue weighted by Gasteiger charge is 2.28. The van der Waals surface area contributed by atoms with Gasteiger partial charge in [-0.15, -0.1) is 0 Å². The first kappa shape index (κ1) is 15.2. The molecule has 2 N–H and O–H groups in total. The van der Waals surface area contributed by atoms with Crippen LogP contribution in [0.2, 0.25) is 0 Å². The van der Waals surface area contributed by atoms with Gasteiger partial charge in [0.2, 0.25) is 0 Å². The maximum absolute atomic E-state index is 5.99. The van der Waals surface area contributed by atoms with Crippen LogP contribution in [0.4, 0.5) is 0 Å². The van der Waals surface area contributed by atoms with Gasteiger partial charge in [-0.3, -0.25) is 4.90 Å². The molecule has 0 aromatic heterocycles. The van der Waals surface area contributed by atoms with E-state index in [1.165, 1.54) is 11.1 Å². The molecule has 0 saturated heterocycles. The van der Waals surface area contributed by atoms with Crippen molar-refractivity contribution in [1.29, 1.82) is 0 Å². The van der Waals surface area contributed by atoms with E-state index in [9.17, 15) is 0 Å². The molecule has 0 aliphatic heterocycles. The Hall–Kier alpha value is -0.860. The standard InChI is InChI=1S/C16H28N2/c1-13(2)10-16(4,12-17)18(5)11-15-8-6-14(3)7-9-15/h6-9,13H,10-12,17H2,1-5H3. The highest BCUT2D eigenvalue weighted by atomic mass is 15.2. The van der Waals surface area contributed by atoms with Crippen molar-refractivity contribution in [3.8, 4) is 0 Å². The van der Waals surface area contributed by atoms with E-state index in [0.29, 0.717) is 12.5 Å². The summed E-state index contributed by atoms with van der Waals surface area (Å²) in [7, 11) is 2.18. The molecular formula is C16H28N2. The van der Waals surface area contributed by atoms with Crippen molar-refractivity contribution in [3.05, 3.63) is 35.4 Å². The molecule has 0 amide bonds. The Labute approximate surface area is 112 Å². The number of hydrogen-bond acceptors (Lipinski definition) is 2. The Balaban J connectivity index is 2.72. The van der Waals surface area contributed by atoms with E-state index < -0.39 is 0 Å². The van der Waals surface area contributed by atoms with Crippen molar-refractivity contribution in [1.82, 2.24) is 4.90 Å². The molecular weight excluding hydrogens is 220 g/mol. The van der Waals surface area contributed by atoms with Crippen LogP contribution in [0.1, 0.15) is 38.3 Å². The van der Waals surface area contributed by atoms with Crippen LogP contribution in [-0.2, 0) is 6.54 Å². The number of hydrogen-bond donors (Lipinski definition) is 1. The van der Waals surface area contributed by atoms with E-state index in [0.717, 1.165) is 13.0 Å². The molecule has 0 aliphatic rings. The average Bonchev–Trinajstić information content (AvgIpc) is 2.31. The van der Waals surface area contributed by atoms with Crippen molar-refractivity contribution in [2.24, 2.45) is 11.7 Å². The van der Waals surface area contributed by atoms with Gasteiger partial charge < -0.3 is 5.73 Å². The monoisotopic (exact) mass is 248 g/mol. The van der Waals surface area contributed by atoms with Gasteiger partial charge in [0.15, 0.2) is 0 Å². The summed E-state index contributed by atoms with van der Waals surface area (Å²) in [6.45, 7) is 10.6. The summed E-state index contributed by atoms with van der Waals surface area (Å²) in [5.41, 5.74) is 8.74. The molecule has 1 aromatic carbocycles. The van der Waals surface area contributed by atoms with Gasteiger partial charge in [-0.25, -0.2) is 0 Å². The van der Waals surface area contributed by atoms with Gasteiger partial charge in [-0.05, 0) is 38.8 Å². The first-order valence-corrected chi connectivity index (χ1v) is 6.84. The summed E-state index contributed by atoms with van der Waals surface area (Å²) in [4.78, 5) is 2.39. The van der Waals surface area contributed by atoms with Gasteiger partial charge in [0.25, 0.3) is 0 Å². The minimum absolute atomic E-state index is 0.0824. The topological polar surface area (TPSA) is 29.3 Å². The molecule has 0 bridgehead atoms. The van der Waals surface area contributed by atoms with Crippen molar-refractivity contribution in [2.75, 3.05) is 13.6 Å². The number of nitrogens with two attached hydrogens (primary N) is 1. The molecule has 2 heteroatoms. The van der Waals surface area contributed by atoms with Crippen LogP contribution in [-0.4, -0.2) is 24.0 Å². The molecule has 0 fully saturated rings. The first-order chi connectivity index (χ1) is 8.37. The predicted molar refractivity (Wildman–Crippen MR) is 79.6 cm³/mol. The largest absolute Gasteiger partial charge is 0.329 e. The molecule has 0 saturated carbocycles. The lowest BCUT2D eigenvalue weighted by Crippen LogP contribution is -2.50. The van der Waals surface area contributed by atoms with Gasteiger partial charge in [0.05, 0.1) is 0 Å². The normalized spacial score (nSPS) is 15.1. The summed E-state index contributed by atoms with van der Waals surface area (Å²) in [5.74, 6) is 0.666. The summed E-state index contributed by atoms with van der Waals surface area (Å²) >= 11 is 0. The molecule has 1 aromatic rings. The Morgan fingerprint density at radius 2 is 1.78 bits per heavy atom. The Kier molecular flexibility index (Phi) is 5.36. The fourth-order valence-electron chi connectivity index (χ4n) is 2.43. The molecule has 0 heterocycles. The highest BCUT2D eigenvalue weighted by molar-refractivity contribution is 5.21. The molecule has 0 radical (unpaired) electrons. The van der Waals surface area contributed by atoms with Crippen molar-refractivity contribution in [2.45, 2.75) is 46.2 Å². The second-order valence-electron chi connectivity index (χ2n) is 6.14. The lowest BCUT2D eigenvalue weighted by atomic mass is 9.89. The molecule has 1 unspecified atom stereocenters. The summed E-state index contributed by atoms with van der Waals surface area (Å²) in [6.07, 6.45) is 1.13. The fraction of sp³-hybridized carbons (Fsp3) is 0.625. The minimum atomic E-state index is 0.0824. The quantitative estimate of drug-likeness (QED) is 0.837. The molecule has 102 valence electrons. The van der Waals surface area contributed by atoms with Crippen LogP contribution in [0, 0.1) is 12.8 Å².